The molecule has 0 bridgehead atoms. The third kappa shape index (κ3) is 4.51. The summed E-state index contributed by atoms with van der Waals surface area (Å²) < 4.78 is 0. The van der Waals surface area contributed by atoms with Gasteiger partial charge < -0.3 is 5.32 Å². The summed E-state index contributed by atoms with van der Waals surface area (Å²) in [5, 5.41) is 3.56. The molecule has 0 aliphatic heterocycles. The number of hydrogen-bond donors (Lipinski definition) is 1. The highest BCUT2D eigenvalue weighted by molar-refractivity contribution is 5.09. The molecule has 0 spiro atoms. The quantitative estimate of drug-likeness (QED) is 0.651. The minimum Gasteiger partial charge on any atom is -0.314 e. The first-order chi connectivity index (χ1) is 9.01. The van der Waals surface area contributed by atoms with E-state index >= 15 is 0 Å². The molecule has 0 amide bonds. The van der Waals surface area contributed by atoms with Crippen LogP contribution in [0.15, 0.2) is 17.4 Å². The van der Waals surface area contributed by atoms with Gasteiger partial charge >= 0.3 is 0 Å². The van der Waals surface area contributed by atoms with Crippen LogP contribution in [0.5, 0.6) is 0 Å². The Hall–Kier alpha value is -0.520. The zero-order chi connectivity index (χ0) is 14.4. The molecule has 1 aliphatic carbocycles. The molecule has 1 rings (SSSR count). The van der Waals surface area contributed by atoms with Gasteiger partial charge in [0.2, 0.25) is 0 Å². The lowest BCUT2D eigenvalue weighted by Gasteiger charge is -2.41. The number of hydrogen-bond acceptors (Lipinski definition) is 1. The van der Waals surface area contributed by atoms with Crippen molar-refractivity contribution < 1.29 is 0 Å². The Morgan fingerprint density at radius 2 is 2.05 bits per heavy atom. The van der Waals surface area contributed by atoms with E-state index in [2.05, 4.69) is 58.7 Å². The van der Waals surface area contributed by atoms with E-state index in [0.717, 1.165) is 30.3 Å². The Bertz CT molecular complexity index is 323. The predicted octanol–water partition coefficient (Wildman–Crippen LogP) is 4.79. The van der Waals surface area contributed by atoms with Crippen LogP contribution in [0.4, 0.5) is 0 Å². The lowest BCUT2D eigenvalue weighted by molar-refractivity contribution is 0.164. The maximum absolute atomic E-state index is 3.61. The Kier molecular flexibility index (Phi) is 6.89. The van der Waals surface area contributed by atoms with Crippen molar-refractivity contribution in [2.75, 3.05) is 6.54 Å². The molecule has 1 heteroatoms. The molecule has 4 unspecified atom stereocenters. The summed E-state index contributed by atoms with van der Waals surface area (Å²) in [6, 6.07) is 0.727. The molecule has 1 fully saturated rings. The fraction of sp³-hybridized carbons (Fsp3) is 0.833. The topological polar surface area (TPSA) is 12.0 Å². The molecular weight excluding hydrogens is 230 g/mol. The van der Waals surface area contributed by atoms with Crippen molar-refractivity contribution in [2.45, 2.75) is 66.8 Å². The molecule has 1 nitrogen and oxygen atoms in total. The molecule has 1 aliphatic rings. The molecule has 19 heavy (non-hydrogen) atoms. The van der Waals surface area contributed by atoms with Gasteiger partial charge in [-0.05, 0) is 61.6 Å². The fourth-order valence-corrected chi connectivity index (χ4v) is 3.28. The van der Waals surface area contributed by atoms with Crippen LogP contribution in [-0.2, 0) is 0 Å². The van der Waals surface area contributed by atoms with Gasteiger partial charge in [-0.25, -0.2) is 0 Å². The highest BCUT2D eigenvalue weighted by Gasteiger charge is 2.35. The second-order valence-electron chi connectivity index (χ2n) is 6.56. The van der Waals surface area contributed by atoms with Gasteiger partial charge in [-0.15, -0.1) is 5.73 Å². The average molecular weight is 263 g/mol. The normalized spacial score (nSPS) is 27.6. The largest absolute Gasteiger partial charge is 0.314 e. The van der Waals surface area contributed by atoms with E-state index in [1.54, 1.807) is 0 Å². The van der Waals surface area contributed by atoms with Crippen LogP contribution >= 0.6 is 0 Å². The molecule has 0 heterocycles. The van der Waals surface area contributed by atoms with Crippen molar-refractivity contribution in [3.63, 3.8) is 0 Å². The summed E-state index contributed by atoms with van der Waals surface area (Å²) in [5.74, 6) is 2.94. The first-order valence-electron chi connectivity index (χ1n) is 8.17. The van der Waals surface area contributed by atoms with Crippen LogP contribution in [-0.4, -0.2) is 12.6 Å². The number of allylic oxidation sites excluding steroid dienone is 1. The van der Waals surface area contributed by atoms with E-state index in [1.807, 2.05) is 0 Å². The molecule has 1 saturated carbocycles. The molecule has 0 aromatic carbocycles. The summed E-state index contributed by atoms with van der Waals surface area (Å²) in [5.41, 5.74) is 5.06. The molecular formula is C18H33N. The Morgan fingerprint density at radius 3 is 2.53 bits per heavy atom. The van der Waals surface area contributed by atoms with Gasteiger partial charge in [0.1, 0.15) is 0 Å². The summed E-state index contributed by atoms with van der Waals surface area (Å²) in [4.78, 5) is 0. The summed E-state index contributed by atoms with van der Waals surface area (Å²) >= 11 is 0. The summed E-state index contributed by atoms with van der Waals surface area (Å²) in [6.45, 7) is 14.9. The number of nitrogens with one attached hydrogen (secondary N) is 1. The van der Waals surface area contributed by atoms with Crippen LogP contribution < -0.4 is 5.32 Å². The van der Waals surface area contributed by atoms with Crippen molar-refractivity contribution in [3.05, 3.63) is 17.4 Å². The van der Waals surface area contributed by atoms with Crippen molar-refractivity contribution in [2.24, 2.45) is 23.7 Å². The van der Waals surface area contributed by atoms with Gasteiger partial charge in [-0.2, -0.15) is 0 Å². The van der Waals surface area contributed by atoms with Crippen molar-refractivity contribution in [3.8, 4) is 0 Å². The lowest BCUT2D eigenvalue weighted by atomic mass is 9.70. The van der Waals surface area contributed by atoms with Crippen molar-refractivity contribution in [1.29, 1.82) is 0 Å². The second kappa shape index (κ2) is 7.92. The van der Waals surface area contributed by atoms with Gasteiger partial charge in [0.05, 0.1) is 0 Å². The summed E-state index contributed by atoms with van der Waals surface area (Å²) in [7, 11) is 0. The van der Waals surface area contributed by atoms with E-state index in [-0.39, 0.29) is 0 Å². The summed E-state index contributed by atoms with van der Waals surface area (Å²) in [6.07, 6.45) is 6.20. The first-order valence-corrected chi connectivity index (χ1v) is 8.17. The fourth-order valence-electron chi connectivity index (χ4n) is 3.28. The smallest absolute Gasteiger partial charge is 0.0104 e. The molecule has 110 valence electrons. The van der Waals surface area contributed by atoms with Gasteiger partial charge in [0.15, 0.2) is 0 Å². The molecule has 0 aromatic rings. The SMILES string of the molecule is CCCC(C(C)=C=CC1CC(NCC)C1C)C(C)C. The second-order valence-corrected chi connectivity index (χ2v) is 6.56. The van der Waals surface area contributed by atoms with Gasteiger partial charge in [-0.1, -0.05) is 41.0 Å². The third-order valence-electron chi connectivity index (χ3n) is 4.79. The van der Waals surface area contributed by atoms with Crippen LogP contribution in [0.3, 0.4) is 0 Å². The molecule has 1 N–H and O–H groups in total. The zero-order valence-corrected chi connectivity index (χ0v) is 13.8. The molecule has 0 aromatic heterocycles. The van der Waals surface area contributed by atoms with Crippen LogP contribution in [0.25, 0.3) is 0 Å². The molecule has 4 atom stereocenters. The number of rotatable bonds is 7. The molecule has 0 radical (unpaired) electrons. The lowest BCUT2D eigenvalue weighted by Crippen LogP contribution is -2.48. The zero-order valence-electron chi connectivity index (χ0n) is 13.8. The Balaban J connectivity index is 2.60. The van der Waals surface area contributed by atoms with Crippen molar-refractivity contribution in [1.82, 2.24) is 5.32 Å². The maximum atomic E-state index is 3.61. The Labute approximate surface area is 120 Å². The third-order valence-corrected chi connectivity index (χ3v) is 4.79. The highest BCUT2D eigenvalue weighted by Crippen LogP contribution is 2.35. The van der Waals surface area contributed by atoms with Crippen LogP contribution in [0.2, 0.25) is 0 Å². The average Bonchev–Trinajstić information content (AvgIpc) is 2.38. The van der Waals surface area contributed by atoms with Crippen LogP contribution in [0.1, 0.15) is 60.8 Å². The van der Waals surface area contributed by atoms with E-state index in [4.69, 9.17) is 0 Å². The standard InChI is InChI=1S/C18H33N/c1-7-9-17(13(3)4)14(5)10-11-16-12-18(15(16)6)19-8-2/h11,13,15-19H,7-9,12H2,1-6H3. The minimum absolute atomic E-state index is 0.709. The van der Waals surface area contributed by atoms with E-state index < -0.39 is 0 Å². The van der Waals surface area contributed by atoms with Gasteiger partial charge in [0, 0.05) is 6.04 Å². The van der Waals surface area contributed by atoms with Crippen molar-refractivity contribution >= 4 is 0 Å². The minimum atomic E-state index is 0.709. The Morgan fingerprint density at radius 1 is 1.37 bits per heavy atom. The predicted molar refractivity (Wildman–Crippen MR) is 85.2 cm³/mol. The van der Waals surface area contributed by atoms with Gasteiger partial charge in [0.25, 0.3) is 0 Å². The first kappa shape index (κ1) is 16.5. The van der Waals surface area contributed by atoms with E-state index in [0.29, 0.717) is 5.92 Å². The highest BCUT2D eigenvalue weighted by atomic mass is 14.9. The molecule has 0 saturated heterocycles. The monoisotopic (exact) mass is 263 g/mol. The van der Waals surface area contributed by atoms with Crippen LogP contribution in [0, 0.1) is 23.7 Å². The van der Waals surface area contributed by atoms with Gasteiger partial charge in [-0.3, -0.25) is 0 Å². The van der Waals surface area contributed by atoms with E-state index in [1.165, 1.54) is 24.8 Å². The maximum Gasteiger partial charge on any atom is 0.0104 e. The van der Waals surface area contributed by atoms with E-state index in [9.17, 15) is 0 Å².